The van der Waals surface area contributed by atoms with Gasteiger partial charge in [0.2, 0.25) is 0 Å². The Morgan fingerprint density at radius 1 is 1.17 bits per heavy atom. The number of anilines is 1. The van der Waals surface area contributed by atoms with E-state index in [2.05, 4.69) is 5.32 Å². The van der Waals surface area contributed by atoms with Gasteiger partial charge in [-0.25, -0.2) is 8.42 Å². The Bertz CT molecular complexity index is 890. The largest absolute Gasteiger partial charge is 0.322 e. The van der Waals surface area contributed by atoms with Gasteiger partial charge in [-0.3, -0.25) is 14.9 Å². The van der Waals surface area contributed by atoms with Crippen molar-refractivity contribution in [3.63, 3.8) is 0 Å². The number of nitro groups is 1. The summed E-state index contributed by atoms with van der Waals surface area (Å²) in [5, 5.41) is 13.4. The first kappa shape index (κ1) is 16.6. The van der Waals surface area contributed by atoms with E-state index in [1.165, 1.54) is 42.5 Å². The Labute approximate surface area is 133 Å². The molecule has 0 saturated heterocycles. The van der Waals surface area contributed by atoms with Gasteiger partial charge in [-0.15, -0.1) is 0 Å². The molecule has 0 bridgehead atoms. The molecule has 23 heavy (non-hydrogen) atoms. The van der Waals surface area contributed by atoms with E-state index in [1.807, 2.05) is 0 Å². The van der Waals surface area contributed by atoms with Crippen LogP contribution in [0.4, 0.5) is 11.4 Å². The minimum atomic E-state index is -3.39. The first-order valence-corrected chi connectivity index (χ1v) is 8.44. The van der Waals surface area contributed by atoms with Crippen molar-refractivity contribution in [2.24, 2.45) is 0 Å². The Balaban J connectivity index is 2.30. The molecule has 0 heterocycles. The molecule has 0 aromatic heterocycles. The molecular formula is C15H14N2O5S. The molecule has 0 fully saturated rings. The highest BCUT2D eigenvalue weighted by molar-refractivity contribution is 7.90. The molecule has 0 unspecified atom stereocenters. The molecule has 0 aliphatic rings. The second-order valence-electron chi connectivity index (χ2n) is 5.01. The number of nitrogens with one attached hydrogen (secondary N) is 1. The molecule has 2 aromatic carbocycles. The summed E-state index contributed by atoms with van der Waals surface area (Å²) in [6.45, 7) is 1.58. The van der Waals surface area contributed by atoms with Crippen molar-refractivity contribution in [3.05, 3.63) is 63.7 Å². The number of carbonyl (C=O) groups is 1. The Morgan fingerprint density at radius 2 is 1.87 bits per heavy atom. The molecule has 0 spiro atoms. The molecule has 8 heteroatoms. The summed E-state index contributed by atoms with van der Waals surface area (Å²) in [6, 6.07) is 9.93. The third kappa shape index (κ3) is 3.92. The number of benzene rings is 2. The number of sulfone groups is 1. The second kappa shape index (κ2) is 6.17. The molecule has 0 aliphatic heterocycles. The number of amides is 1. The van der Waals surface area contributed by atoms with Crippen LogP contribution in [0.1, 0.15) is 15.9 Å². The van der Waals surface area contributed by atoms with Crippen molar-refractivity contribution in [1.82, 2.24) is 0 Å². The topological polar surface area (TPSA) is 106 Å². The van der Waals surface area contributed by atoms with Crippen molar-refractivity contribution in [2.75, 3.05) is 11.6 Å². The van der Waals surface area contributed by atoms with Crippen LogP contribution in [0.5, 0.6) is 0 Å². The normalized spacial score (nSPS) is 11.0. The first-order chi connectivity index (χ1) is 10.7. The smallest absolute Gasteiger partial charge is 0.273 e. The number of nitrogens with zero attached hydrogens (tertiary/aromatic N) is 1. The standard InChI is InChI=1S/C15H14N2O5S/c1-10-6-7-11(8-14(10)17(19)20)15(18)16-12-4-3-5-13(9-12)23(2,21)22/h3-9H,1-2H3,(H,16,18). The van der Waals surface area contributed by atoms with Crippen molar-refractivity contribution >= 4 is 27.1 Å². The highest BCUT2D eigenvalue weighted by atomic mass is 32.2. The minimum absolute atomic E-state index is 0.0742. The van der Waals surface area contributed by atoms with Crippen LogP contribution < -0.4 is 5.32 Å². The summed E-state index contributed by atoms with van der Waals surface area (Å²) in [4.78, 5) is 22.6. The lowest BCUT2D eigenvalue weighted by Crippen LogP contribution is -2.13. The molecule has 2 rings (SSSR count). The van der Waals surface area contributed by atoms with Crippen LogP contribution in [-0.2, 0) is 9.84 Å². The minimum Gasteiger partial charge on any atom is -0.322 e. The van der Waals surface area contributed by atoms with Crippen LogP contribution in [0.25, 0.3) is 0 Å². The van der Waals surface area contributed by atoms with E-state index in [0.717, 1.165) is 6.26 Å². The second-order valence-corrected chi connectivity index (χ2v) is 7.03. The van der Waals surface area contributed by atoms with Gasteiger partial charge < -0.3 is 5.32 Å². The van der Waals surface area contributed by atoms with E-state index in [-0.39, 0.29) is 16.1 Å². The van der Waals surface area contributed by atoms with E-state index in [1.54, 1.807) is 6.92 Å². The van der Waals surface area contributed by atoms with Crippen molar-refractivity contribution in [3.8, 4) is 0 Å². The summed E-state index contributed by atoms with van der Waals surface area (Å²) in [7, 11) is -3.39. The number of carbonyl (C=O) groups excluding carboxylic acids is 1. The first-order valence-electron chi connectivity index (χ1n) is 6.55. The van der Waals surface area contributed by atoms with Gasteiger partial charge in [-0.05, 0) is 31.2 Å². The monoisotopic (exact) mass is 334 g/mol. The predicted molar refractivity (Wildman–Crippen MR) is 85.3 cm³/mol. The van der Waals surface area contributed by atoms with Crippen LogP contribution in [0.15, 0.2) is 47.4 Å². The molecule has 0 saturated carbocycles. The predicted octanol–water partition coefficient (Wildman–Crippen LogP) is 2.56. The van der Waals surface area contributed by atoms with Gasteiger partial charge in [-0.2, -0.15) is 0 Å². The van der Waals surface area contributed by atoms with Gasteiger partial charge in [0, 0.05) is 29.1 Å². The van der Waals surface area contributed by atoms with Crippen LogP contribution in [0.2, 0.25) is 0 Å². The average molecular weight is 334 g/mol. The van der Waals surface area contributed by atoms with Crippen LogP contribution >= 0.6 is 0 Å². The summed E-state index contributed by atoms with van der Waals surface area (Å²) >= 11 is 0. The summed E-state index contributed by atoms with van der Waals surface area (Å²) in [6.07, 6.45) is 1.07. The van der Waals surface area contributed by atoms with Gasteiger partial charge in [0.25, 0.3) is 11.6 Å². The van der Waals surface area contributed by atoms with Crippen molar-refractivity contribution in [2.45, 2.75) is 11.8 Å². The van der Waals surface area contributed by atoms with Gasteiger partial charge in [0.15, 0.2) is 9.84 Å². The van der Waals surface area contributed by atoms with Gasteiger partial charge in [0.1, 0.15) is 0 Å². The highest BCUT2D eigenvalue weighted by Gasteiger charge is 2.15. The van der Waals surface area contributed by atoms with Gasteiger partial charge in [-0.1, -0.05) is 12.1 Å². The summed E-state index contributed by atoms with van der Waals surface area (Å²) in [5.74, 6) is -0.557. The number of nitro benzene ring substituents is 1. The van der Waals surface area contributed by atoms with Gasteiger partial charge in [0.05, 0.1) is 9.82 Å². The van der Waals surface area contributed by atoms with E-state index in [4.69, 9.17) is 0 Å². The number of hydrogen-bond donors (Lipinski definition) is 1. The van der Waals surface area contributed by atoms with E-state index in [0.29, 0.717) is 11.3 Å². The lowest BCUT2D eigenvalue weighted by molar-refractivity contribution is -0.385. The third-order valence-electron chi connectivity index (χ3n) is 3.19. The summed E-state index contributed by atoms with van der Waals surface area (Å²) in [5.41, 5.74) is 0.710. The molecular weight excluding hydrogens is 320 g/mol. The maximum atomic E-state index is 12.2. The Morgan fingerprint density at radius 3 is 2.48 bits per heavy atom. The zero-order chi connectivity index (χ0) is 17.2. The van der Waals surface area contributed by atoms with E-state index in [9.17, 15) is 23.3 Å². The molecule has 120 valence electrons. The molecule has 2 aromatic rings. The van der Waals surface area contributed by atoms with Crippen LogP contribution in [0, 0.1) is 17.0 Å². The van der Waals surface area contributed by atoms with Crippen molar-refractivity contribution in [1.29, 1.82) is 0 Å². The van der Waals surface area contributed by atoms with Crippen LogP contribution in [0.3, 0.4) is 0 Å². The highest BCUT2D eigenvalue weighted by Crippen LogP contribution is 2.21. The fourth-order valence-corrected chi connectivity index (χ4v) is 2.62. The summed E-state index contributed by atoms with van der Waals surface area (Å²) < 4.78 is 23.0. The van der Waals surface area contributed by atoms with Crippen molar-refractivity contribution < 1.29 is 18.1 Å². The maximum absolute atomic E-state index is 12.2. The Kier molecular flexibility index (Phi) is 4.46. The molecule has 0 aliphatic carbocycles. The lowest BCUT2D eigenvalue weighted by Gasteiger charge is -2.07. The molecule has 1 amide bonds. The third-order valence-corrected chi connectivity index (χ3v) is 4.30. The maximum Gasteiger partial charge on any atom is 0.273 e. The van der Waals surface area contributed by atoms with Gasteiger partial charge >= 0.3 is 0 Å². The zero-order valence-electron chi connectivity index (χ0n) is 12.4. The lowest BCUT2D eigenvalue weighted by atomic mass is 10.1. The molecule has 0 atom stereocenters. The fourth-order valence-electron chi connectivity index (χ4n) is 1.96. The molecule has 0 radical (unpaired) electrons. The number of rotatable bonds is 4. The number of hydrogen-bond acceptors (Lipinski definition) is 5. The van der Waals surface area contributed by atoms with E-state index < -0.39 is 20.7 Å². The molecule has 1 N–H and O–H groups in total. The number of aryl methyl sites for hydroxylation is 1. The van der Waals surface area contributed by atoms with Crippen LogP contribution in [-0.4, -0.2) is 25.5 Å². The SMILES string of the molecule is Cc1ccc(C(=O)Nc2cccc(S(C)(=O)=O)c2)cc1[N+](=O)[O-]. The quantitative estimate of drug-likeness (QED) is 0.683. The Hall–Kier alpha value is -2.74. The average Bonchev–Trinajstić information content (AvgIpc) is 2.46. The van der Waals surface area contributed by atoms with E-state index >= 15 is 0 Å². The molecule has 7 nitrogen and oxygen atoms in total. The zero-order valence-corrected chi connectivity index (χ0v) is 13.3. The fraction of sp³-hybridized carbons (Fsp3) is 0.133.